The Morgan fingerprint density at radius 2 is 1.39 bits per heavy atom. The van der Waals surface area contributed by atoms with Gasteiger partial charge in [0.15, 0.2) is 17.3 Å². The van der Waals surface area contributed by atoms with E-state index in [0.717, 1.165) is 0 Å². The van der Waals surface area contributed by atoms with Gasteiger partial charge in [-0.2, -0.15) is 0 Å². The molecule has 0 heterocycles. The number of allylic oxidation sites excluding steroid dienone is 2. The second kappa shape index (κ2) is 6.13. The maximum atomic E-state index is 12.9. The molecule has 114 valence electrons. The predicted octanol–water partition coefficient (Wildman–Crippen LogP) is 3.89. The van der Waals surface area contributed by atoms with Crippen molar-refractivity contribution in [3.8, 4) is 0 Å². The quantitative estimate of drug-likeness (QED) is 0.805. The number of benzene rings is 2. The first-order valence-electron chi connectivity index (χ1n) is 7.66. The Bertz CT molecular complexity index is 829. The largest absolute Gasteiger partial charge is 0.294 e. The van der Waals surface area contributed by atoms with Crippen LogP contribution in [0.1, 0.15) is 46.0 Å². The van der Waals surface area contributed by atoms with Gasteiger partial charge in [-0.25, -0.2) is 0 Å². The molecule has 0 radical (unpaired) electrons. The summed E-state index contributed by atoms with van der Waals surface area (Å²) in [7, 11) is 0. The molecule has 0 saturated heterocycles. The molecule has 0 aliphatic heterocycles. The van der Waals surface area contributed by atoms with Crippen LogP contribution in [0.15, 0.2) is 60.2 Å². The lowest BCUT2D eigenvalue weighted by Gasteiger charge is -2.20. The Balaban J connectivity index is 2.27. The fourth-order valence-electron chi connectivity index (χ4n) is 2.87. The summed E-state index contributed by atoms with van der Waals surface area (Å²) in [5.41, 5.74) is 1.55. The monoisotopic (exact) mass is 304 g/mol. The molecule has 0 fully saturated rings. The third kappa shape index (κ3) is 2.55. The number of carbonyl (C=O) groups is 3. The third-order valence-electron chi connectivity index (χ3n) is 3.94. The molecule has 2 aromatic carbocycles. The van der Waals surface area contributed by atoms with Crippen LogP contribution in [0.3, 0.4) is 0 Å². The second-order valence-corrected chi connectivity index (χ2v) is 5.49. The van der Waals surface area contributed by atoms with E-state index in [1.807, 2.05) is 13.0 Å². The van der Waals surface area contributed by atoms with Gasteiger partial charge in [-0.05, 0) is 12.0 Å². The molecular formula is C20H16O3. The lowest BCUT2D eigenvalue weighted by molar-refractivity contribution is -0.115. The Hall–Kier alpha value is -2.81. The maximum Gasteiger partial charge on any atom is 0.198 e. The highest BCUT2D eigenvalue weighted by Crippen LogP contribution is 2.33. The maximum absolute atomic E-state index is 12.9. The van der Waals surface area contributed by atoms with Crippen molar-refractivity contribution in [2.45, 2.75) is 19.8 Å². The zero-order valence-electron chi connectivity index (χ0n) is 12.8. The Labute approximate surface area is 134 Å². The van der Waals surface area contributed by atoms with Gasteiger partial charge in [-0.1, -0.05) is 61.5 Å². The van der Waals surface area contributed by atoms with E-state index in [4.69, 9.17) is 0 Å². The van der Waals surface area contributed by atoms with Gasteiger partial charge >= 0.3 is 0 Å². The van der Waals surface area contributed by atoms with Gasteiger partial charge in [0.25, 0.3) is 0 Å². The second-order valence-electron chi connectivity index (χ2n) is 5.49. The van der Waals surface area contributed by atoms with Crippen LogP contribution in [0.5, 0.6) is 0 Å². The summed E-state index contributed by atoms with van der Waals surface area (Å²) in [6.45, 7) is 1.88. The molecule has 0 N–H and O–H groups in total. The minimum Gasteiger partial charge on any atom is -0.294 e. The number of Topliss-reactive ketones (excluding diaryl/α,β-unsaturated/α-hetero) is 3. The fraction of sp³-hybridized carbons (Fsp3) is 0.150. The lowest BCUT2D eigenvalue weighted by atomic mass is 9.79. The molecule has 0 atom stereocenters. The highest BCUT2D eigenvalue weighted by Gasteiger charge is 2.35. The summed E-state index contributed by atoms with van der Waals surface area (Å²) in [6, 6.07) is 15.6. The van der Waals surface area contributed by atoms with Gasteiger partial charge in [0.05, 0.1) is 5.57 Å². The number of hydrogen-bond donors (Lipinski definition) is 0. The zero-order valence-corrected chi connectivity index (χ0v) is 12.8. The Morgan fingerprint density at radius 1 is 0.826 bits per heavy atom. The van der Waals surface area contributed by atoms with Gasteiger partial charge in [0.1, 0.15) is 0 Å². The minimum absolute atomic E-state index is 0.0294. The first-order valence-corrected chi connectivity index (χ1v) is 7.66. The Morgan fingerprint density at radius 3 is 2.00 bits per heavy atom. The highest BCUT2D eigenvalue weighted by molar-refractivity contribution is 6.47. The van der Waals surface area contributed by atoms with Crippen LogP contribution in [0, 0.1) is 0 Å². The van der Waals surface area contributed by atoms with Crippen LogP contribution in [-0.4, -0.2) is 17.3 Å². The van der Waals surface area contributed by atoms with Crippen molar-refractivity contribution < 1.29 is 14.4 Å². The molecule has 0 saturated carbocycles. The zero-order chi connectivity index (χ0) is 16.4. The number of hydrogen-bond acceptors (Lipinski definition) is 3. The fourth-order valence-corrected chi connectivity index (χ4v) is 2.87. The predicted molar refractivity (Wildman–Crippen MR) is 88.4 cm³/mol. The SMILES string of the molecule is CCCC(=O)C1=C(c2ccccc2)C(=O)c2ccccc2C1=O. The van der Waals surface area contributed by atoms with E-state index in [1.165, 1.54) is 0 Å². The third-order valence-corrected chi connectivity index (χ3v) is 3.94. The van der Waals surface area contributed by atoms with E-state index in [1.54, 1.807) is 48.5 Å². The average Bonchev–Trinajstić information content (AvgIpc) is 2.58. The summed E-state index contributed by atoms with van der Waals surface area (Å²) in [4.78, 5) is 38.3. The molecule has 3 rings (SSSR count). The van der Waals surface area contributed by atoms with Crippen molar-refractivity contribution in [3.63, 3.8) is 0 Å². The van der Waals surface area contributed by atoms with E-state index in [2.05, 4.69) is 0 Å². The van der Waals surface area contributed by atoms with E-state index in [0.29, 0.717) is 23.1 Å². The molecule has 1 aliphatic rings. The van der Waals surface area contributed by atoms with Gasteiger partial charge in [0.2, 0.25) is 0 Å². The highest BCUT2D eigenvalue weighted by atomic mass is 16.2. The first kappa shape index (κ1) is 15.1. The van der Waals surface area contributed by atoms with Crippen LogP contribution in [-0.2, 0) is 4.79 Å². The van der Waals surface area contributed by atoms with Gasteiger partial charge in [-0.3, -0.25) is 14.4 Å². The molecule has 3 nitrogen and oxygen atoms in total. The number of fused-ring (bicyclic) bond motifs is 1. The molecule has 3 heteroatoms. The number of ketones is 3. The van der Waals surface area contributed by atoms with Gasteiger partial charge < -0.3 is 0 Å². The van der Waals surface area contributed by atoms with E-state index >= 15 is 0 Å². The van der Waals surface area contributed by atoms with Crippen molar-refractivity contribution in [2.75, 3.05) is 0 Å². The summed E-state index contributed by atoms with van der Waals surface area (Å²) >= 11 is 0. The lowest BCUT2D eigenvalue weighted by Crippen LogP contribution is -2.25. The van der Waals surface area contributed by atoms with E-state index in [-0.39, 0.29) is 34.9 Å². The van der Waals surface area contributed by atoms with Crippen LogP contribution in [0.25, 0.3) is 5.57 Å². The average molecular weight is 304 g/mol. The summed E-state index contributed by atoms with van der Waals surface area (Å²) in [5, 5.41) is 0. The minimum atomic E-state index is -0.350. The normalized spacial score (nSPS) is 14.0. The van der Waals surface area contributed by atoms with Gasteiger partial charge in [0, 0.05) is 23.1 Å². The van der Waals surface area contributed by atoms with Crippen molar-refractivity contribution in [1.82, 2.24) is 0 Å². The smallest absolute Gasteiger partial charge is 0.198 e. The van der Waals surface area contributed by atoms with E-state index < -0.39 is 0 Å². The summed E-state index contributed by atoms with van der Waals surface area (Å²) < 4.78 is 0. The first-order chi connectivity index (χ1) is 11.1. The molecule has 0 aromatic heterocycles. The summed E-state index contributed by atoms with van der Waals surface area (Å²) in [5.74, 6) is -0.873. The standard InChI is InChI=1S/C20H16O3/c1-2-8-16(21)18-17(13-9-4-3-5-10-13)19(22)14-11-6-7-12-15(14)20(18)23/h3-7,9-12H,2,8H2,1H3. The number of carbonyl (C=O) groups excluding carboxylic acids is 3. The van der Waals surface area contributed by atoms with Crippen molar-refractivity contribution in [1.29, 1.82) is 0 Å². The Kier molecular flexibility index (Phi) is 4.02. The van der Waals surface area contributed by atoms with Crippen molar-refractivity contribution >= 4 is 22.9 Å². The van der Waals surface area contributed by atoms with Crippen LogP contribution >= 0.6 is 0 Å². The van der Waals surface area contributed by atoms with Crippen LogP contribution in [0.2, 0.25) is 0 Å². The molecular weight excluding hydrogens is 288 g/mol. The summed E-state index contributed by atoms with van der Waals surface area (Å²) in [6.07, 6.45) is 0.889. The van der Waals surface area contributed by atoms with Crippen LogP contribution < -0.4 is 0 Å². The molecule has 0 bridgehead atoms. The molecule has 1 aliphatic carbocycles. The van der Waals surface area contributed by atoms with Gasteiger partial charge in [-0.15, -0.1) is 0 Å². The van der Waals surface area contributed by atoms with E-state index in [9.17, 15) is 14.4 Å². The van der Waals surface area contributed by atoms with Crippen molar-refractivity contribution in [3.05, 3.63) is 76.9 Å². The molecule has 0 unspecified atom stereocenters. The molecule has 0 amide bonds. The number of rotatable bonds is 4. The van der Waals surface area contributed by atoms with Crippen molar-refractivity contribution in [2.24, 2.45) is 0 Å². The van der Waals surface area contributed by atoms with Crippen LogP contribution in [0.4, 0.5) is 0 Å². The molecule has 2 aromatic rings. The topological polar surface area (TPSA) is 51.2 Å². The molecule has 23 heavy (non-hydrogen) atoms. The molecule has 0 spiro atoms.